The summed E-state index contributed by atoms with van der Waals surface area (Å²) in [6.07, 6.45) is 0.268. The molecule has 2 aromatic carbocycles. The fourth-order valence-electron chi connectivity index (χ4n) is 4.78. The van der Waals surface area contributed by atoms with Crippen LogP contribution in [0.25, 0.3) is 22.4 Å². The summed E-state index contributed by atoms with van der Waals surface area (Å²) in [7, 11) is 0. The largest absolute Gasteiger partial charge is 0.451 e. The Kier molecular flexibility index (Phi) is 6.22. The molecular formula is C27H22F3N7O3. The molecule has 40 heavy (non-hydrogen) atoms. The van der Waals surface area contributed by atoms with Gasteiger partial charge in [-0.3, -0.25) is 9.59 Å². The van der Waals surface area contributed by atoms with Crippen molar-refractivity contribution in [2.24, 2.45) is 5.73 Å². The van der Waals surface area contributed by atoms with Crippen molar-refractivity contribution in [3.63, 3.8) is 0 Å². The molecule has 1 aliphatic heterocycles. The molecule has 1 amide bonds. The lowest BCUT2D eigenvalue weighted by molar-refractivity contribution is -0.0154. The Labute approximate surface area is 224 Å². The number of furan rings is 1. The average Bonchev–Trinajstić information content (AvgIpc) is 3.63. The monoisotopic (exact) mass is 549 g/mol. The first-order valence-electron chi connectivity index (χ1n) is 12.4. The van der Waals surface area contributed by atoms with Gasteiger partial charge in [0, 0.05) is 24.9 Å². The highest BCUT2D eigenvalue weighted by atomic mass is 19.3. The van der Waals surface area contributed by atoms with Gasteiger partial charge in [0.1, 0.15) is 5.82 Å². The van der Waals surface area contributed by atoms with Crippen molar-refractivity contribution in [2.75, 3.05) is 13.1 Å². The normalized spacial score (nSPS) is 13.6. The van der Waals surface area contributed by atoms with Crippen LogP contribution in [0.15, 0.2) is 63.8 Å². The number of H-pyrrole nitrogens is 1. The number of nitrogens with one attached hydrogen (secondary N) is 1. The van der Waals surface area contributed by atoms with Crippen LogP contribution in [0.3, 0.4) is 0 Å². The van der Waals surface area contributed by atoms with Crippen molar-refractivity contribution in [3.05, 3.63) is 99.2 Å². The predicted molar refractivity (Wildman–Crippen MR) is 137 cm³/mol. The zero-order valence-electron chi connectivity index (χ0n) is 20.9. The molecule has 0 fully saturated rings. The third kappa shape index (κ3) is 4.43. The van der Waals surface area contributed by atoms with Crippen LogP contribution >= 0.6 is 0 Å². The van der Waals surface area contributed by atoms with E-state index in [1.165, 1.54) is 23.1 Å². The molecule has 0 spiro atoms. The van der Waals surface area contributed by atoms with Gasteiger partial charge in [-0.15, -0.1) is 10.2 Å². The molecule has 0 saturated carbocycles. The van der Waals surface area contributed by atoms with Gasteiger partial charge in [0.05, 0.1) is 29.7 Å². The van der Waals surface area contributed by atoms with Crippen molar-refractivity contribution in [1.82, 2.24) is 29.9 Å². The quantitative estimate of drug-likeness (QED) is 0.332. The van der Waals surface area contributed by atoms with Crippen molar-refractivity contribution in [1.29, 1.82) is 0 Å². The van der Waals surface area contributed by atoms with Crippen LogP contribution in [0.1, 0.15) is 33.2 Å². The summed E-state index contributed by atoms with van der Waals surface area (Å²) >= 11 is 0. The Hall–Kier alpha value is -4.78. The van der Waals surface area contributed by atoms with E-state index >= 15 is 0 Å². The summed E-state index contributed by atoms with van der Waals surface area (Å²) in [5.41, 5.74) is 5.94. The van der Waals surface area contributed by atoms with Gasteiger partial charge in [0.25, 0.3) is 11.5 Å². The summed E-state index contributed by atoms with van der Waals surface area (Å²) in [6, 6.07) is 13.8. The number of nitrogens with two attached hydrogens (primary N) is 1. The molecule has 3 N–H and O–H groups in total. The summed E-state index contributed by atoms with van der Waals surface area (Å²) in [4.78, 5) is 26.9. The van der Waals surface area contributed by atoms with Gasteiger partial charge in [-0.1, -0.05) is 24.3 Å². The average molecular weight is 550 g/mol. The maximum atomic E-state index is 14.8. The van der Waals surface area contributed by atoms with Crippen LogP contribution < -0.4 is 11.3 Å². The standard InChI is InChI=1S/C27H22F3N7O3/c28-19-6-5-15(12-20-16-3-1-2-4-17(16)25(38)35-32-20)11-18(19)26(39)36-9-10-37-23(13-36)33-34-24(37)21-7-8-22(40-21)27(29,30)14-31/h1-8,11H,9-10,12-14,31H2,(H,35,38). The van der Waals surface area contributed by atoms with Crippen LogP contribution in [0, 0.1) is 5.82 Å². The number of rotatable bonds is 6. The van der Waals surface area contributed by atoms with E-state index < -0.39 is 30.0 Å². The van der Waals surface area contributed by atoms with E-state index in [-0.39, 0.29) is 48.8 Å². The third-order valence-electron chi connectivity index (χ3n) is 6.89. The first-order valence-corrected chi connectivity index (χ1v) is 12.4. The topological polar surface area (TPSA) is 136 Å². The number of carbonyl (C=O) groups is 1. The molecule has 6 rings (SSSR count). The molecule has 0 bridgehead atoms. The number of hydrogen-bond acceptors (Lipinski definition) is 7. The van der Waals surface area contributed by atoms with Gasteiger partial charge in [0.2, 0.25) is 0 Å². The van der Waals surface area contributed by atoms with E-state index in [4.69, 9.17) is 10.2 Å². The first kappa shape index (κ1) is 25.5. The van der Waals surface area contributed by atoms with Gasteiger partial charge in [-0.2, -0.15) is 13.9 Å². The third-order valence-corrected chi connectivity index (χ3v) is 6.89. The molecule has 0 aliphatic carbocycles. The van der Waals surface area contributed by atoms with E-state index in [9.17, 15) is 22.8 Å². The van der Waals surface area contributed by atoms with E-state index in [0.717, 1.165) is 6.07 Å². The predicted octanol–water partition coefficient (Wildman–Crippen LogP) is 3.21. The molecule has 0 unspecified atom stereocenters. The van der Waals surface area contributed by atoms with Crippen LogP contribution in [-0.2, 0) is 25.4 Å². The van der Waals surface area contributed by atoms with Gasteiger partial charge in [-0.25, -0.2) is 9.49 Å². The van der Waals surface area contributed by atoms with Crippen LogP contribution in [0.5, 0.6) is 0 Å². The molecule has 13 heteroatoms. The van der Waals surface area contributed by atoms with Crippen molar-refractivity contribution in [2.45, 2.75) is 25.4 Å². The molecular weight excluding hydrogens is 527 g/mol. The zero-order valence-corrected chi connectivity index (χ0v) is 20.9. The number of carbonyl (C=O) groups excluding carboxylic acids is 1. The van der Waals surface area contributed by atoms with E-state index in [2.05, 4.69) is 20.4 Å². The Morgan fingerprint density at radius 1 is 1.07 bits per heavy atom. The minimum atomic E-state index is -3.31. The number of benzene rings is 2. The van der Waals surface area contributed by atoms with Crippen molar-refractivity contribution >= 4 is 16.7 Å². The maximum Gasteiger partial charge on any atom is 0.316 e. The lowest BCUT2D eigenvalue weighted by Gasteiger charge is -2.28. The second-order valence-corrected chi connectivity index (χ2v) is 9.43. The van der Waals surface area contributed by atoms with Crippen LogP contribution in [-0.4, -0.2) is 48.9 Å². The Bertz CT molecular complexity index is 1810. The molecule has 0 saturated heterocycles. The number of fused-ring (bicyclic) bond motifs is 2. The van der Waals surface area contributed by atoms with Crippen LogP contribution in [0.4, 0.5) is 13.2 Å². The molecule has 4 heterocycles. The van der Waals surface area contributed by atoms with Crippen molar-refractivity contribution in [3.8, 4) is 11.6 Å². The fourth-order valence-corrected chi connectivity index (χ4v) is 4.78. The number of aromatic amines is 1. The van der Waals surface area contributed by atoms with E-state index in [0.29, 0.717) is 27.9 Å². The van der Waals surface area contributed by atoms with Crippen LogP contribution in [0.2, 0.25) is 0 Å². The highest BCUT2D eigenvalue weighted by Gasteiger charge is 2.35. The smallest absolute Gasteiger partial charge is 0.316 e. The highest BCUT2D eigenvalue weighted by molar-refractivity contribution is 5.94. The zero-order chi connectivity index (χ0) is 28.0. The van der Waals surface area contributed by atoms with Gasteiger partial charge < -0.3 is 19.6 Å². The molecule has 0 radical (unpaired) electrons. The number of halogens is 3. The van der Waals surface area contributed by atoms with E-state index in [1.54, 1.807) is 34.9 Å². The highest BCUT2D eigenvalue weighted by Crippen LogP contribution is 2.32. The number of nitrogens with zero attached hydrogens (tertiary/aromatic N) is 5. The second kappa shape index (κ2) is 9.75. The molecule has 204 valence electrons. The lowest BCUT2D eigenvalue weighted by Crippen LogP contribution is -2.39. The second-order valence-electron chi connectivity index (χ2n) is 9.43. The Balaban J connectivity index is 1.23. The summed E-state index contributed by atoms with van der Waals surface area (Å²) in [6.45, 7) is -0.403. The minimum Gasteiger partial charge on any atom is -0.451 e. The minimum absolute atomic E-state index is 0.0359. The maximum absolute atomic E-state index is 14.8. The van der Waals surface area contributed by atoms with Gasteiger partial charge >= 0.3 is 5.92 Å². The van der Waals surface area contributed by atoms with Crippen molar-refractivity contribution < 1.29 is 22.4 Å². The number of alkyl halides is 2. The molecule has 1 aliphatic rings. The van der Waals surface area contributed by atoms with Gasteiger partial charge in [-0.05, 0) is 35.9 Å². The number of aromatic nitrogens is 5. The molecule has 10 nitrogen and oxygen atoms in total. The Morgan fingerprint density at radius 2 is 1.88 bits per heavy atom. The first-order chi connectivity index (χ1) is 19.2. The number of amides is 1. The number of hydrogen-bond donors (Lipinski definition) is 2. The van der Waals surface area contributed by atoms with E-state index in [1.807, 2.05) is 0 Å². The lowest BCUT2D eigenvalue weighted by atomic mass is 10.0. The molecule has 0 atom stereocenters. The SMILES string of the molecule is NCC(F)(F)c1ccc(-c2nnc3n2CCN(C(=O)c2cc(Cc4n[nH]c(=O)c5ccccc45)ccc2F)C3)o1. The van der Waals surface area contributed by atoms with Gasteiger partial charge in [0.15, 0.2) is 23.2 Å². The summed E-state index contributed by atoms with van der Waals surface area (Å²) < 4.78 is 49.6. The Morgan fingerprint density at radius 3 is 2.67 bits per heavy atom. The molecule has 5 aromatic rings. The fraction of sp³-hybridized carbons (Fsp3) is 0.222. The summed E-state index contributed by atoms with van der Waals surface area (Å²) in [5.74, 6) is -4.35. The summed E-state index contributed by atoms with van der Waals surface area (Å²) in [5, 5.41) is 16.0. The molecule has 3 aromatic heterocycles.